The molecule has 0 saturated heterocycles. The van der Waals surface area contributed by atoms with Gasteiger partial charge in [0.2, 0.25) is 5.90 Å². The lowest BCUT2D eigenvalue weighted by Crippen LogP contribution is -2.20. The van der Waals surface area contributed by atoms with Gasteiger partial charge in [-0.15, -0.1) is 5.10 Å². The topological polar surface area (TPSA) is 63.6 Å². The molecule has 5 heteroatoms. The second-order valence-electron chi connectivity index (χ2n) is 3.72. The van der Waals surface area contributed by atoms with Crippen LogP contribution >= 0.6 is 0 Å². The van der Waals surface area contributed by atoms with E-state index in [2.05, 4.69) is 22.4 Å². The zero-order valence-corrected chi connectivity index (χ0v) is 10.8. The molecule has 0 atom stereocenters. The number of hydrogen-bond donors (Lipinski definition) is 1. The summed E-state index contributed by atoms with van der Waals surface area (Å²) in [5.74, 6) is 0.313. The monoisotopic (exact) mass is 249 g/mol. The van der Waals surface area contributed by atoms with Crippen molar-refractivity contribution in [3.8, 4) is 0 Å². The smallest absolute Gasteiger partial charge is 0.271 e. The number of carbonyl (C=O) groups excluding carboxylic acids is 1. The normalized spacial score (nSPS) is 11.1. The molecule has 0 aliphatic carbocycles. The zero-order valence-electron chi connectivity index (χ0n) is 10.8. The minimum atomic E-state index is -0.258. The highest BCUT2D eigenvalue weighted by Crippen LogP contribution is 2.00. The van der Waals surface area contributed by atoms with Crippen LogP contribution in [0.15, 0.2) is 29.6 Å². The summed E-state index contributed by atoms with van der Waals surface area (Å²) in [5.41, 5.74) is 3.02. The van der Waals surface area contributed by atoms with Crippen LogP contribution in [0, 0.1) is 0 Å². The Balaban J connectivity index is 2.56. The van der Waals surface area contributed by atoms with Gasteiger partial charge in [-0.25, -0.2) is 5.43 Å². The number of hydrogen-bond acceptors (Lipinski definition) is 4. The highest BCUT2D eigenvalue weighted by molar-refractivity contribution is 5.94. The highest BCUT2D eigenvalue weighted by atomic mass is 16.5. The Hall–Kier alpha value is -1.91. The molecule has 98 valence electrons. The maximum Gasteiger partial charge on any atom is 0.271 e. The van der Waals surface area contributed by atoms with E-state index in [0.717, 1.165) is 19.3 Å². The zero-order chi connectivity index (χ0) is 13.2. The van der Waals surface area contributed by atoms with Gasteiger partial charge in [0, 0.05) is 24.4 Å². The van der Waals surface area contributed by atoms with Crippen molar-refractivity contribution in [2.24, 2.45) is 5.10 Å². The van der Waals surface area contributed by atoms with Crippen LogP contribution in [0.5, 0.6) is 0 Å². The molecule has 0 aliphatic heterocycles. The van der Waals surface area contributed by atoms with Crippen LogP contribution in [0.25, 0.3) is 0 Å². The molecule has 0 saturated carbocycles. The first-order chi connectivity index (χ1) is 8.77. The van der Waals surface area contributed by atoms with Crippen LogP contribution in [-0.2, 0) is 4.74 Å². The number of aromatic nitrogens is 1. The van der Waals surface area contributed by atoms with E-state index in [4.69, 9.17) is 4.74 Å². The summed E-state index contributed by atoms with van der Waals surface area (Å²) in [7, 11) is 0. The molecule has 1 N–H and O–H groups in total. The van der Waals surface area contributed by atoms with Crippen LogP contribution in [0.3, 0.4) is 0 Å². The summed E-state index contributed by atoms with van der Waals surface area (Å²) in [6.45, 7) is 4.54. The van der Waals surface area contributed by atoms with Gasteiger partial charge >= 0.3 is 0 Å². The first-order valence-electron chi connectivity index (χ1n) is 6.17. The maximum absolute atomic E-state index is 11.7. The van der Waals surface area contributed by atoms with Crippen molar-refractivity contribution in [2.75, 3.05) is 6.61 Å². The molecule has 0 radical (unpaired) electrons. The molecule has 0 spiro atoms. The Bertz CT molecular complexity index is 390. The molecular weight excluding hydrogens is 230 g/mol. The van der Waals surface area contributed by atoms with Crippen LogP contribution in [0.1, 0.15) is 43.5 Å². The number of hydrazone groups is 1. The third-order valence-corrected chi connectivity index (χ3v) is 2.28. The van der Waals surface area contributed by atoms with Crippen molar-refractivity contribution in [1.29, 1.82) is 0 Å². The predicted molar refractivity (Wildman–Crippen MR) is 70.3 cm³/mol. The lowest BCUT2D eigenvalue weighted by molar-refractivity contribution is 0.0952. The lowest BCUT2D eigenvalue weighted by atomic mass is 10.2. The third kappa shape index (κ3) is 4.95. The summed E-state index contributed by atoms with van der Waals surface area (Å²) in [6.07, 6.45) is 5.92. The first-order valence-corrected chi connectivity index (χ1v) is 6.17. The standard InChI is InChI=1S/C13H19N3O2/c1-3-5-6-12(18-4-2)15-16-13(17)11-7-9-14-10-8-11/h7-10H,3-6H2,1-2H3,(H,16,17). The molecule has 1 rings (SSSR count). The van der Waals surface area contributed by atoms with E-state index in [1.165, 1.54) is 0 Å². The lowest BCUT2D eigenvalue weighted by Gasteiger charge is -2.07. The maximum atomic E-state index is 11.7. The van der Waals surface area contributed by atoms with E-state index in [1.807, 2.05) is 6.92 Å². The Morgan fingerprint density at radius 1 is 1.39 bits per heavy atom. The molecule has 1 heterocycles. The number of rotatable bonds is 6. The first kappa shape index (κ1) is 14.2. The average molecular weight is 249 g/mol. The Morgan fingerprint density at radius 2 is 2.11 bits per heavy atom. The highest BCUT2D eigenvalue weighted by Gasteiger charge is 2.05. The van der Waals surface area contributed by atoms with Crippen molar-refractivity contribution in [1.82, 2.24) is 10.4 Å². The van der Waals surface area contributed by atoms with E-state index in [0.29, 0.717) is 18.1 Å². The third-order valence-electron chi connectivity index (χ3n) is 2.28. The van der Waals surface area contributed by atoms with E-state index in [-0.39, 0.29) is 5.91 Å². The van der Waals surface area contributed by atoms with Crippen molar-refractivity contribution in [2.45, 2.75) is 33.1 Å². The van der Waals surface area contributed by atoms with Crippen LogP contribution < -0.4 is 5.43 Å². The van der Waals surface area contributed by atoms with Crippen molar-refractivity contribution < 1.29 is 9.53 Å². The van der Waals surface area contributed by atoms with Gasteiger partial charge in [0.1, 0.15) is 0 Å². The minimum absolute atomic E-state index is 0.258. The van der Waals surface area contributed by atoms with Crippen molar-refractivity contribution in [3.63, 3.8) is 0 Å². The molecule has 0 aromatic carbocycles. The van der Waals surface area contributed by atoms with E-state index >= 15 is 0 Å². The van der Waals surface area contributed by atoms with Gasteiger partial charge in [-0.3, -0.25) is 9.78 Å². The molecule has 1 amide bonds. The molecule has 0 aliphatic rings. The molecular formula is C13H19N3O2. The SMILES string of the molecule is CCCCC(=NNC(=O)c1ccncc1)OCC. The van der Waals surface area contributed by atoms with E-state index in [1.54, 1.807) is 24.5 Å². The second-order valence-corrected chi connectivity index (χ2v) is 3.72. The molecule has 1 aromatic rings. The van der Waals surface area contributed by atoms with Crippen molar-refractivity contribution >= 4 is 11.8 Å². The van der Waals surface area contributed by atoms with Gasteiger partial charge in [0.05, 0.1) is 6.61 Å². The van der Waals surface area contributed by atoms with E-state index < -0.39 is 0 Å². The number of carbonyl (C=O) groups is 1. The van der Waals surface area contributed by atoms with Gasteiger partial charge in [-0.2, -0.15) is 0 Å². The molecule has 18 heavy (non-hydrogen) atoms. The fraction of sp³-hybridized carbons (Fsp3) is 0.462. The molecule has 0 bridgehead atoms. The summed E-state index contributed by atoms with van der Waals surface area (Å²) >= 11 is 0. The number of nitrogens with zero attached hydrogens (tertiary/aromatic N) is 2. The summed E-state index contributed by atoms with van der Waals surface area (Å²) < 4.78 is 5.35. The average Bonchev–Trinajstić information content (AvgIpc) is 2.42. The fourth-order valence-corrected chi connectivity index (χ4v) is 1.34. The largest absolute Gasteiger partial charge is 0.480 e. The van der Waals surface area contributed by atoms with Gasteiger partial charge in [0.25, 0.3) is 5.91 Å². The quantitative estimate of drug-likeness (QED) is 0.478. The number of pyridine rings is 1. The minimum Gasteiger partial charge on any atom is -0.480 e. The van der Waals surface area contributed by atoms with Gasteiger partial charge in [-0.05, 0) is 25.5 Å². The predicted octanol–water partition coefficient (Wildman–Crippen LogP) is 2.35. The Morgan fingerprint density at radius 3 is 2.72 bits per heavy atom. The van der Waals surface area contributed by atoms with E-state index in [9.17, 15) is 4.79 Å². The molecule has 1 aromatic heterocycles. The van der Waals surface area contributed by atoms with Crippen LogP contribution in [-0.4, -0.2) is 23.4 Å². The summed E-state index contributed by atoms with van der Waals surface area (Å²) in [5, 5.41) is 4.00. The summed E-state index contributed by atoms with van der Waals surface area (Å²) in [4.78, 5) is 15.6. The van der Waals surface area contributed by atoms with Gasteiger partial charge in [-0.1, -0.05) is 13.3 Å². The molecule has 5 nitrogen and oxygen atoms in total. The van der Waals surface area contributed by atoms with Gasteiger partial charge < -0.3 is 4.74 Å². The van der Waals surface area contributed by atoms with Gasteiger partial charge in [0.15, 0.2) is 0 Å². The fourth-order valence-electron chi connectivity index (χ4n) is 1.34. The van der Waals surface area contributed by atoms with Crippen molar-refractivity contribution in [3.05, 3.63) is 30.1 Å². The second kappa shape index (κ2) is 8.22. The molecule has 0 unspecified atom stereocenters. The number of nitrogens with one attached hydrogen (secondary N) is 1. The van der Waals surface area contributed by atoms with Crippen LogP contribution in [0.4, 0.5) is 0 Å². The Labute approximate surface area is 107 Å². The number of ether oxygens (including phenoxy) is 1. The molecule has 0 fully saturated rings. The number of amides is 1. The summed E-state index contributed by atoms with van der Waals surface area (Å²) in [6, 6.07) is 3.27. The Kier molecular flexibility index (Phi) is 6.46. The number of unbranched alkanes of at least 4 members (excludes halogenated alkanes) is 1. The van der Waals surface area contributed by atoms with Crippen LogP contribution in [0.2, 0.25) is 0 Å².